The van der Waals surface area contributed by atoms with E-state index in [2.05, 4.69) is 0 Å². The Morgan fingerprint density at radius 2 is 1.72 bits per heavy atom. The van der Waals surface area contributed by atoms with Crippen LogP contribution in [0.3, 0.4) is 0 Å². The second-order valence-electron chi connectivity index (χ2n) is 9.63. The Balaban J connectivity index is 1.87. The molecule has 0 bridgehead atoms. The maximum atomic E-state index is 13.5. The highest BCUT2D eigenvalue weighted by Gasteiger charge is 2.28. The average molecular weight is 496 g/mol. The van der Waals surface area contributed by atoms with Gasteiger partial charge >= 0.3 is 0 Å². The Kier molecular flexibility index (Phi) is 8.45. The predicted molar refractivity (Wildman–Crippen MR) is 138 cm³/mol. The summed E-state index contributed by atoms with van der Waals surface area (Å²) in [5, 5.41) is 9.05. The topological polar surface area (TPSA) is 121 Å². The zero-order valence-corrected chi connectivity index (χ0v) is 21.2. The van der Waals surface area contributed by atoms with E-state index in [1.165, 1.54) is 19.2 Å². The van der Waals surface area contributed by atoms with Crippen molar-refractivity contribution in [2.24, 2.45) is 11.5 Å². The number of hydrogen-bond donors (Lipinski definition) is 3. The van der Waals surface area contributed by atoms with E-state index in [-0.39, 0.29) is 31.2 Å². The number of nitrogens with two attached hydrogens (primary N) is 2. The number of methoxy groups -OCH3 is 1. The lowest BCUT2D eigenvalue weighted by molar-refractivity contribution is 0.0970. The van der Waals surface area contributed by atoms with Crippen LogP contribution in [0.1, 0.15) is 55.2 Å². The number of nitrogens with zero attached hydrogens (tertiary/aromatic N) is 1. The van der Waals surface area contributed by atoms with Gasteiger partial charge in [-0.3, -0.25) is 9.78 Å². The van der Waals surface area contributed by atoms with Crippen molar-refractivity contribution < 1.29 is 23.8 Å². The Morgan fingerprint density at radius 3 is 2.33 bits per heavy atom. The van der Waals surface area contributed by atoms with Crippen LogP contribution in [0.25, 0.3) is 11.3 Å². The zero-order valence-electron chi connectivity index (χ0n) is 21.2. The van der Waals surface area contributed by atoms with E-state index in [1.807, 2.05) is 32.9 Å². The maximum Gasteiger partial charge on any atom is 0.163 e. The molecule has 7 nitrogen and oxygen atoms in total. The molecule has 192 valence electrons. The molecule has 1 aromatic heterocycles. The number of aromatic nitrogens is 1. The molecule has 2 aromatic carbocycles. The number of ketones is 1. The lowest BCUT2D eigenvalue weighted by Gasteiger charge is -2.28. The highest BCUT2D eigenvalue weighted by molar-refractivity contribution is 5.96. The van der Waals surface area contributed by atoms with E-state index in [4.69, 9.17) is 31.0 Å². The first kappa shape index (κ1) is 27.3. The van der Waals surface area contributed by atoms with Crippen molar-refractivity contribution in [2.75, 3.05) is 20.3 Å². The van der Waals surface area contributed by atoms with Crippen LogP contribution >= 0.6 is 0 Å². The number of carbonyl (C=O) groups excluding carboxylic acids is 1. The van der Waals surface area contributed by atoms with Crippen molar-refractivity contribution in [3.05, 3.63) is 77.2 Å². The quantitative estimate of drug-likeness (QED) is 0.339. The van der Waals surface area contributed by atoms with Crippen LogP contribution in [0, 0.1) is 5.82 Å². The van der Waals surface area contributed by atoms with Crippen LogP contribution in [0.4, 0.5) is 4.39 Å². The molecular weight excluding hydrogens is 461 g/mol. The van der Waals surface area contributed by atoms with Crippen LogP contribution in [-0.2, 0) is 11.1 Å². The van der Waals surface area contributed by atoms with Crippen LogP contribution in [-0.4, -0.2) is 36.2 Å². The summed E-state index contributed by atoms with van der Waals surface area (Å²) in [6.45, 7) is 5.54. The number of benzene rings is 2. The molecule has 36 heavy (non-hydrogen) atoms. The number of pyridine rings is 1. The van der Waals surface area contributed by atoms with Crippen molar-refractivity contribution >= 4 is 5.78 Å². The van der Waals surface area contributed by atoms with E-state index < -0.39 is 11.1 Å². The molecular formula is C28H34FN3O4. The number of Topliss-reactive ketones (excluding diaryl/α,β-unsaturated/α-hetero) is 1. The number of carbonyl (C=O) groups is 1. The second kappa shape index (κ2) is 11.2. The minimum absolute atomic E-state index is 0.0881. The van der Waals surface area contributed by atoms with Gasteiger partial charge < -0.3 is 26.0 Å². The van der Waals surface area contributed by atoms with E-state index >= 15 is 0 Å². The van der Waals surface area contributed by atoms with E-state index in [1.54, 1.807) is 30.3 Å². The number of ether oxygens (including phenoxy) is 2. The van der Waals surface area contributed by atoms with Gasteiger partial charge in [-0.2, -0.15) is 0 Å². The molecule has 0 aliphatic carbocycles. The van der Waals surface area contributed by atoms with E-state index in [9.17, 15) is 9.18 Å². The van der Waals surface area contributed by atoms with Crippen LogP contribution in [0.15, 0.2) is 54.6 Å². The predicted octanol–water partition coefficient (Wildman–Crippen LogP) is 4.30. The molecule has 0 saturated carbocycles. The fourth-order valence-corrected chi connectivity index (χ4v) is 3.73. The number of rotatable bonds is 11. The molecule has 0 aliphatic rings. The lowest BCUT2D eigenvalue weighted by atomic mass is 9.86. The minimum Gasteiger partial charge on any atom is -0.493 e. The van der Waals surface area contributed by atoms with Gasteiger partial charge in [0.05, 0.1) is 30.6 Å². The third kappa shape index (κ3) is 6.66. The van der Waals surface area contributed by atoms with Crippen molar-refractivity contribution in [3.8, 4) is 22.8 Å². The molecule has 1 atom stereocenters. The fourth-order valence-electron chi connectivity index (χ4n) is 3.73. The van der Waals surface area contributed by atoms with E-state index in [0.717, 1.165) is 11.1 Å². The summed E-state index contributed by atoms with van der Waals surface area (Å²) >= 11 is 0. The van der Waals surface area contributed by atoms with Gasteiger partial charge in [-0.15, -0.1) is 0 Å². The van der Waals surface area contributed by atoms with Gasteiger partial charge in [0.2, 0.25) is 0 Å². The first-order valence-corrected chi connectivity index (χ1v) is 11.8. The van der Waals surface area contributed by atoms with Crippen molar-refractivity contribution in [1.29, 1.82) is 0 Å². The summed E-state index contributed by atoms with van der Waals surface area (Å²) in [6.07, 6.45) is 0.498. The number of aliphatic hydroxyl groups excluding tert-OH is 1. The third-order valence-corrected chi connectivity index (χ3v) is 6.00. The monoisotopic (exact) mass is 495 g/mol. The third-order valence-electron chi connectivity index (χ3n) is 6.00. The van der Waals surface area contributed by atoms with Crippen LogP contribution < -0.4 is 20.9 Å². The number of hydrogen-bond acceptors (Lipinski definition) is 7. The van der Waals surface area contributed by atoms with Gasteiger partial charge in [-0.25, -0.2) is 4.39 Å². The molecule has 3 rings (SSSR count). The lowest BCUT2D eigenvalue weighted by Crippen LogP contribution is -2.36. The molecule has 0 aliphatic heterocycles. The van der Waals surface area contributed by atoms with Crippen LogP contribution in [0.5, 0.6) is 11.5 Å². The smallest absolute Gasteiger partial charge is 0.163 e. The van der Waals surface area contributed by atoms with Gasteiger partial charge in [-0.05, 0) is 87.4 Å². The molecule has 0 fully saturated rings. The molecule has 0 saturated heterocycles. The molecule has 0 amide bonds. The first-order valence-electron chi connectivity index (χ1n) is 11.8. The van der Waals surface area contributed by atoms with Crippen molar-refractivity contribution in [3.63, 3.8) is 0 Å². The first-order chi connectivity index (χ1) is 16.9. The second-order valence-corrected chi connectivity index (χ2v) is 9.63. The molecule has 8 heteroatoms. The molecule has 5 N–H and O–H groups in total. The normalized spacial score (nSPS) is 13.2. The Hall–Kier alpha value is -3.33. The molecule has 0 spiro atoms. The summed E-state index contributed by atoms with van der Waals surface area (Å²) in [7, 11) is 1.51. The van der Waals surface area contributed by atoms with Gasteiger partial charge in [0, 0.05) is 23.1 Å². The summed E-state index contributed by atoms with van der Waals surface area (Å²) in [5.74, 6) is 0.413. The van der Waals surface area contributed by atoms with Crippen molar-refractivity contribution in [1.82, 2.24) is 4.98 Å². The van der Waals surface area contributed by atoms with Gasteiger partial charge in [0.25, 0.3) is 0 Å². The molecule has 1 heterocycles. The van der Waals surface area contributed by atoms with Crippen LogP contribution in [0.2, 0.25) is 0 Å². The fraction of sp³-hybridized carbons (Fsp3) is 0.357. The summed E-state index contributed by atoms with van der Waals surface area (Å²) < 4.78 is 24.2. The Morgan fingerprint density at radius 1 is 1.03 bits per heavy atom. The highest BCUT2D eigenvalue weighted by Crippen LogP contribution is 2.32. The van der Waals surface area contributed by atoms with Gasteiger partial charge in [0.15, 0.2) is 17.3 Å². The Bertz CT molecular complexity index is 1200. The summed E-state index contributed by atoms with van der Waals surface area (Å²) in [5.41, 5.74) is 14.7. The SMILES string of the molecule is COc1ccc(C(=O)CCC(C)(N)c2cc(C(C)(C)N)cc(-c3ccc(F)cc3)n2)cc1OCCO. The van der Waals surface area contributed by atoms with Gasteiger partial charge in [-0.1, -0.05) is 0 Å². The maximum absolute atomic E-state index is 13.5. The van der Waals surface area contributed by atoms with E-state index in [0.29, 0.717) is 34.9 Å². The standard InChI is InChI=1S/C28H34FN3O4/c1-27(2,30)20-16-22(18-5-8-21(29)9-6-18)32-26(17-20)28(3,31)12-11-23(34)19-7-10-24(35-4)25(15-19)36-14-13-33/h5-10,15-17,33H,11-14,30-31H2,1-4H3. The summed E-state index contributed by atoms with van der Waals surface area (Å²) in [6, 6.07) is 14.8. The highest BCUT2D eigenvalue weighted by atomic mass is 19.1. The largest absolute Gasteiger partial charge is 0.493 e. The molecule has 3 aromatic rings. The minimum atomic E-state index is -0.936. The number of aliphatic hydroxyl groups is 1. The summed E-state index contributed by atoms with van der Waals surface area (Å²) in [4.78, 5) is 17.8. The zero-order chi connectivity index (χ0) is 26.5. The van der Waals surface area contributed by atoms with Gasteiger partial charge in [0.1, 0.15) is 12.4 Å². The molecule has 1 unspecified atom stereocenters. The molecule has 0 radical (unpaired) electrons. The van der Waals surface area contributed by atoms with Crippen molar-refractivity contribution in [2.45, 2.75) is 44.7 Å². The Labute approximate surface area is 211 Å². The average Bonchev–Trinajstić information content (AvgIpc) is 2.85. The number of halogens is 1.